The first-order valence-corrected chi connectivity index (χ1v) is 44.0. The molecule has 4 aliphatic rings. The molecule has 4 saturated carbocycles. The lowest BCUT2D eigenvalue weighted by Crippen LogP contribution is -2.10. The molecule has 2 heteroatoms. The molecule has 0 aromatic heterocycles. The molecule has 0 heterocycles. The number of fused-ring (bicyclic) bond motifs is 6. The highest BCUT2D eigenvalue weighted by atomic mass is 15.1. The molecule has 0 bridgehead atoms. The Labute approximate surface area is 695 Å². The van der Waals surface area contributed by atoms with Crippen LogP contribution in [0.1, 0.15) is 195 Å². The summed E-state index contributed by atoms with van der Waals surface area (Å²) in [4.78, 5) is 4.98. The third-order valence-electron chi connectivity index (χ3n) is 26.7. The molecule has 574 valence electrons. The molecule has 17 aromatic carbocycles. The topological polar surface area (TPSA) is 6.48 Å². The van der Waals surface area contributed by atoms with Gasteiger partial charge in [0.15, 0.2) is 0 Å². The van der Waals surface area contributed by atoms with Gasteiger partial charge in [0.1, 0.15) is 0 Å². The van der Waals surface area contributed by atoms with Crippen molar-refractivity contribution in [1.29, 1.82) is 0 Å². The SMILES string of the molecule is Cc1ccc(N(c2ccc(C=C(c3ccc(C=C4CCCCC4)cc3)c3ccc(C=C4CCCCC4)cc3)cc2)c2ccc3c4cccc5c4c(c4cccc2c34)c2cccc3c4ccc(N(c6ccc(C)cc6)c6ccc(C=C(c7ccc(C=C8CCCCC8)cc7)c7ccc(C=C8CCCCC8)cc7)cc6)c6cccc(c64)c5c32)cc1. The predicted octanol–water partition coefficient (Wildman–Crippen LogP) is 33.9. The zero-order valence-electron chi connectivity index (χ0n) is 68.2. The highest BCUT2D eigenvalue weighted by molar-refractivity contribution is 6.48. The van der Waals surface area contributed by atoms with Crippen molar-refractivity contribution in [3.63, 3.8) is 0 Å². The molecule has 0 radical (unpaired) electrons. The highest BCUT2D eigenvalue weighted by Gasteiger charge is 2.27. The maximum Gasteiger partial charge on any atom is 0.0540 e. The van der Waals surface area contributed by atoms with Crippen LogP contribution >= 0.6 is 0 Å². The second kappa shape index (κ2) is 31.8. The molecule has 0 spiro atoms. The van der Waals surface area contributed by atoms with Crippen LogP contribution in [0.5, 0.6) is 0 Å². The second-order valence-corrected chi connectivity index (χ2v) is 34.5. The van der Waals surface area contributed by atoms with Crippen LogP contribution in [0.4, 0.5) is 34.1 Å². The Hall–Kier alpha value is -12.6. The van der Waals surface area contributed by atoms with Gasteiger partial charge in [0, 0.05) is 33.5 Å². The normalized spacial score (nSPS) is 14.8. The lowest BCUT2D eigenvalue weighted by atomic mass is 9.81. The number of allylic oxidation sites excluding steroid dienone is 4. The molecule has 0 unspecified atom stereocenters. The summed E-state index contributed by atoms with van der Waals surface area (Å²) in [6.45, 7) is 4.38. The minimum absolute atomic E-state index is 1.11. The molecule has 4 fully saturated rings. The molecular weight excluding hydrogens is 1420 g/mol. The van der Waals surface area contributed by atoms with Gasteiger partial charge in [-0.15, -0.1) is 0 Å². The van der Waals surface area contributed by atoms with Crippen LogP contribution in [0.3, 0.4) is 0 Å². The Kier molecular flexibility index (Phi) is 19.7. The van der Waals surface area contributed by atoms with Crippen LogP contribution in [0, 0.1) is 13.8 Å². The van der Waals surface area contributed by atoms with Gasteiger partial charge in [0.2, 0.25) is 0 Å². The van der Waals surface area contributed by atoms with Crippen LogP contribution < -0.4 is 9.80 Å². The van der Waals surface area contributed by atoms with E-state index in [1.807, 2.05) is 0 Å². The van der Waals surface area contributed by atoms with Crippen molar-refractivity contribution < 1.29 is 0 Å². The van der Waals surface area contributed by atoms with Gasteiger partial charge >= 0.3 is 0 Å². The van der Waals surface area contributed by atoms with Crippen LogP contribution in [-0.4, -0.2) is 0 Å². The molecule has 0 amide bonds. The molecule has 0 aliphatic heterocycles. The van der Waals surface area contributed by atoms with Crippen molar-refractivity contribution in [2.24, 2.45) is 0 Å². The fraction of sp³-hybridized carbons (Fsp3) is 0.190. The summed E-state index contributed by atoms with van der Waals surface area (Å²) in [5.74, 6) is 0. The lowest BCUT2D eigenvalue weighted by Gasteiger charge is -2.29. The summed E-state index contributed by atoms with van der Waals surface area (Å²) in [7, 11) is 0. The molecule has 2 nitrogen and oxygen atoms in total. The average Bonchev–Trinajstić information content (AvgIpc) is 0.679. The Morgan fingerprint density at radius 2 is 0.432 bits per heavy atom. The van der Waals surface area contributed by atoms with E-state index >= 15 is 0 Å². The maximum absolute atomic E-state index is 2.49. The number of nitrogens with zero attached hydrogens (tertiary/aromatic N) is 2. The standard InChI is InChI=1S/C116H100N2/c1-77-35-59-93(60-36-77)117(95-63-47-87(48-64-95)75-107(89-51-39-83(40-52-89)71-79-19-7-3-8-20-79)90-53-41-84(42-54-90)72-80-21-9-4-10-22-80)109-69-67-99-97-27-15-34-106-113(97)115(103-31-17-29-101(109)111(99)103)105-33-16-28-98-100-68-70-110(102-30-18-32-104(112(100)102)116(106)114(98)105)118(94-61-37-78(2)38-62-94)96-65-49-88(50-66-96)76-108(91-55-43-85(44-56-91)73-81-23-11-5-12-24-81)92-57-45-86(46-58-92)74-82-25-13-6-14-26-82/h15-18,27-76H,3-14,19-26H2,1-2H3. The Balaban J connectivity index is 0.667. The smallest absolute Gasteiger partial charge is 0.0540 e. The number of rotatable bonds is 16. The zero-order chi connectivity index (χ0) is 78.6. The Bertz CT molecular complexity index is 6240. The third-order valence-corrected chi connectivity index (χ3v) is 26.7. The first-order valence-electron chi connectivity index (χ1n) is 44.0. The van der Waals surface area contributed by atoms with Gasteiger partial charge in [-0.05, 0) is 332 Å². The van der Waals surface area contributed by atoms with Gasteiger partial charge < -0.3 is 9.80 Å². The van der Waals surface area contributed by atoms with Crippen molar-refractivity contribution in [3.05, 3.63) is 380 Å². The van der Waals surface area contributed by atoms with Gasteiger partial charge in [0.05, 0.1) is 11.4 Å². The monoisotopic (exact) mass is 1520 g/mol. The Morgan fingerprint density at radius 3 is 0.720 bits per heavy atom. The molecule has 21 rings (SSSR count). The maximum atomic E-state index is 2.49. The number of hydrogen-bond donors (Lipinski definition) is 0. The molecule has 0 N–H and O–H groups in total. The van der Waals surface area contributed by atoms with E-state index in [0.717, 1.165) is 45.3 Å². The van der Waals surface area contributed by atoms with Crippen molar-refractivity contribution in [1.82, 2.24) is 0 Å². The largest absolute Gasteiger partial charge is 0.310 e. The summed E-state index contributed by atoms with van der Waals surface area (Å²) < 4.78 is 0. The van der Waals surface area contributed by atoms with Gasteiger partial charge in [-0.1, -0.05) is 314 Å². The zero-order valence-corrected chi connectivity index (χ0v) is 68.2. The van der Waals surface area contributed by atoms with E-state index in [2.05, 4.69) is 351 Å². The summed E-state index contributed by atoms with van der Waals surface area (Å²) in [5.41, 5.74) is 30.4. The van der Waals surface area contributed by atoms with Crippen LogP contribution in [-0.2, 0) is 0 Å². The molecular formula is C116H100N2. The fourth-order valence-corrected chi connectivity index (χ4v) is 20.6. The number of hydrogen-bond acceptors (Lipinski definition) is 2. The summed E-state index contributed by atoms with van der Waals surface area (Å²) in [5, 5.41) is 20.5. The van der Waals surface area contributed by atoms with E-state index in [1.54, 1.807) is 22.3 Å². The molecule has 0 saturated heterocycles. The predicted molar refractivity (Wildman–Crippen MR) is 512 cm³/mol. The first-order chi connectivity index (χ1) is 58.3. The minimum Gasteiger partial charge on any atom is -0.310 e. The van der Waals surface area contributed by atoms with E-state index in [4.69, 9.17) is 0 Å². The minimum atomic E-state index is 1.11. The van der Waals surface area contributed by atoms with Gasteiger partial charge in [-0.25, -0.2) is 0 Å². The van der Waals surface area contributed by atoms with E-state index in [9.17, 15) is 0 Å². The van der Waals surface area contributed by atoms with E-state index < -0.39 is 0 Å². The van der Waals surface area contributed by atoms with E-state index in [-0.39, 0.29) is 0 Å². The summed E-state index contributed by atoms with van der Waals surface area (Å²) in [6.07, 6.45) is 40.2. The summed E-state index contributed by atoms with van der Waals surface area (Å²) in [6, 6.07) is 112. The molecule has 17 aromatic rings. The van der Waals surface area contributed by atoms with Crippen molar-refractivity contribution in [2.75, 3.05) is 9.80 Å². The van der Waals surface area contributed by atoms with Gasteiger partial charge in [-0.2, -0.15) is 0 Å². The third kappa shape index (κ3) is 14.1. The highest BCUT2D eigenvalue weighted by Crippen LogP contribution is 2.54. The van der Waals surface area contributed by atoms with Crippen LogP contribution in [0.25, 0.3) is 134 Å². The average molecular weight is 1520 g/mol. The number of benzene rings is 17. The van der Waals surface area contributed by atoms with E-state index in [0.29, 0.717) is 0 Å². The quantitative estimate of drug-likeness (QED) is 0.0540. The van der Waals surface area contributed by atoms with Crippen molar-refractivity contribution in [2.45, 2.75) is 142 Å². The number of aryl methyl sites for hydroxylation is 2. The lowest BCUT2D eigenvalue weighted by molar-refractivity contribution is 0.602. The Morgan fingerprint density at radius 1 is 0.203 bits per heavy atom. The van der Waals surface area contributed by atoms with Gasteiger partial charge in [-0.3, -0.25) is 0 Å². The fourth-order valence-electron chi connectivity index (χ4n) is 20.6. The summed E-state index contributed by atoms with van der Waals surface area (Å²) >= 11 is 0. The second-order valence-electron chi connectivity index (χ2n) is 34.5. The van der Waals surface area contributed by atoms with Crippen LogP contribution in [0.2, 0.25) is 0 Å². The molecule has 118 heavy (non-hydrogen) atoms. The molecule has 4 aliphatic carbocycles. The number of anilines is 6. The van der Waals surface area contributed by atoms with Crippen LogP contribution in [0.15, 0.2) is 313 Å². The van der Waals surface area contributed by atoms with Gasteiger partial charge in [0.25, 0.3) is 0 Å². The molecule has 0 atom stereocenters. The van der Waals surface area contributed by atoms with E-state index in [1.165, 1.54) is 281 Å². The first kappa shape index (κ1) is 73.0. The van der Waals surface area contributed by atoms with Crippen molar-refractivity contribution >= 4 is 168 Å². The van der Waals surface area contributed by atoms with Crippen molar-refractivity contribution in [3.8, 4) is 0 Å².